The number of phenolic OH excluding ortho intramolecular Hbond substituents is 1. The first-order chi connectivity index (χ1) is 8.22. The Balaban J connectivity index is 2.09. The van der Waals surface area contributed by atoms with Gasteiger partial charge in [0, 0.05) is 23.1 Å². The molecule has 92 valence electrons. The zero-order valence-corrected chi connectivity index (χ0v) is 10.5. The highest BCUT2D eigenvalue weighted by Gasteiger charge is 2.07. The van der Waals surface area contributed by atoms with E-state index in [1.807, 2.05) is 18.3 Å². The third-order valence-corrected chi connectivity index (χ3v) is 3.26. The first kappa shape index (κ1) is 12.0. The van der Waals surface area contributed by atoms with E-state index < -0.39 is 0 Å². The third kappa shape index (κ3) is 2.61. The molecule has 1 unspecified atom stereocenters. The lowest BCUT2D eigenvalue weighted by molar-refractivity contribution is 0.481. The Kier molecular flexibility index (Phi) is 3.69. The molecule has 1 heterocycles. The zero-order chi connectivity index (χ0) is 12.3. The van der Waals surface area contributed by atoms with Gasteiger partial charge in [-0.1, -0.05) is 13.0 Å². The average molecular weight is 232 g/mol. The lowest BCUT2D eigenvalue weighted by Crippen LogP contribution is -2.27. The van der Waals surface area contributed by atoms with Crippen LogP contribution in [0.4, 0.5) is 0 Å². The Labute approximate surface area is 102 Å². The summed E-state index contributed by atoms with van der Waals surface area (Å²) in [5.74, 6) is 0.363. The second kappa shape index (κ2) is 5.23. The molecule has 1 aromatic carbocycles. The van der Waals surface area contributed by atoms with Gasteiger partial charge in [-0.05, 0) is 44.0 Å². The summed E-state index contributed by atoms with van der Waals surface area (Å²) >= 11 is 0. The Hall–Kier alpha value is -1.48. The predicted molar refractivity (Wildman–Crippen MR) is 71.4 cm³/mol. The molecule has 17 heavy (non-hydrogen) atoms. The van der Waals surface area contributed by atoms with Gasteiger partial charge in [0.2, 0.25) is 0 Å². The second-order valence-corrected chi connectivity index (χ2v) is 4.53. The number of nitrogens with one attached hydrogen (secondary N) is 2. The van der Waals surface area contributed by atoms with Crippen LogP contribution in [0.1, 0.15) is 25.8 Å². The molecule has 0 saturated heterocycles. The van der Waals surface area contributed by atoms with Crippen LogP contribution in [0.15, 0.2) is 24.4 Å². The van der Waals surface area contributed by atoms with Crippen LogP contribution in [-0.2, 0) is 6.42 Å². The van der Waals surface area contributed by atoms with Crippen LogP contribution in [0.2, 0.25) is 0 Å². The maximum Gasteiger partial charge on any atom is 0.125 e. The number of fused-ring (bicyclic) bond motifs is 1. The molecular weight excluding hydrogens is 212 g/mol. The van der Waals surface area contributed by atoms with E-state index in [1.54, 1.807) is 6.07 Å². The van der Waals surface area contributed by atoms with Crippen molar-refractivity contribution in [2.75, 3.05) is 6.54 Å². The molecule has 1 aromatic heterocycles. The van der Waals surface area contributed by atoms with E-state index in [1.165, 1.54) is 5.56 Å². The highest BCUT2D eigenvalue weighted by atomic mass is 16.3. The fourth-order valence-corrected chi connectivity index (χ4v) is 2.03. The van der Waals surface area contributed by atoms with Crippen LogP contribution >= 0.6 is 0 Å². The molecule has 2 rings (SSSR count). The fraction of sp³-hybridized carbons (Fsp3) is 0.429. The molecule has 2 aromatic rings. The molecule has 0 spiro atoms. The standard InChI is InChI=1S/C14H20N2O/c1-3-10(2)15-8-7-11-9-16-12-5-4-6-13(17)14(11)12/h4-6,9-10,15-17H,3,7-8H2,1-2H3. The molecule has 3 nitrogen and oxygen atoms in total. The van der Waals surface area contributed by atoms with Crippen molar-refractivity contribution in [3.63, 3.8) is 0 Å². The smallest absolute Gasteiger partial charge is 0.125 e. The van der Waals surface area contributed by atoms with Crippen LogP contribution in [0, 0.1) is 0 Å². The normalized spacial score (nSPS) is 13.1. The van der Waals surface area contributed by atoms with Crippen molar-refractivity contribution in [1.82, 2.24) is 10.3 Å². The quantitative estimate of drug-likeness (QED) is 0.742. The van der Waals surface area contributed by atoms with Crippen molar-refractivity contribution < 1.29 is 5.11 Å². The van der Waals surface area contributed by atoms with Gasteiger partial charge in [-0.3, -0.25) is 0 Å². The summed E-state index contributed by atoms with van der Waals surface area (Å²) in [6.07, 6.45) is 4.06. The molecule has 3 heteroatoms. The zero-order valence-electron chi connectivity index (χ0n) is 10.5. The van der Waals surface area contributed by atoms with Gasteiger partial charge in [0.15, 0.2) is 0 Å². The van der Waals surface area contributed by atoms with Crippen molar-refractivity contribution in [1.29, 1.82) is 0 Å². The summed E-state index contributed by atoms with van der Waals surface area (Å²) in [5.41, 5.74) is 2.18. The lowest BCUT2D eigenvalue weighted by Gasteiger charge is -2.10. The predicted octanol–water partition coefficient (Wildman–Crippen LogP) is 2.80. The maximum atomic E-state index is 9.86. The highest BCUT2D eigenvalue weighted by molar-refractivity contribution is 5.88. The van der Waals surface area contributed by atoms with Crippen molar-refractivity contribution in [2.24, 2.45) is 0 Å². The van der Waals surface area contributed by atoms with Crippen molar-refractivity contribution in [3.05, 3.63) is 30.0 Å². The first-order valence-corrected chi connectivity index (χ1v) is 6.23. The van der Waals surface area contributed by atoms with Crippen LogP contribution in [-0.4, -0.2) is 22.7 Å². The van der Waals surface area contributed by atoms with E-state index in [-0.39, 0.29) is 0 Å². The number of H-pyrrole nitrogens is 1. The van der Waals surface area contributed by atoms with E-state index in [2.05, 4.69) is 24.1 Å². The van der Waals surface area contributed by atoms with Crippen LogP contribution < -0.4 is 5.32 Å². The fourth-order valence-electron chi connectivity index (χ4n) is 2.03. The Morgan fingerprint density at radius 3 is 3.00 bits per heavy atom. The van der Waals surface area contributed by atoms with Gasteiger partial charge < -0.3 is 15.4 Å². The SMILES string of the molecule is CCC(C)NCCc1c[nH]c2cccc(O)c12. The highest BCUT2D eigenvalue weighted by Crippen LogP contribution is 2.27. The van der Waals surface area contributed by atoms with Gasteiger partial charge in [0.25, 0.3) is 0 Å². The number of aromatic nitrogens is 1. The minimum absolute atomic E-state index is 0.363. The average Bonchev–Trinajstić information content (AvgIpc) is 2.74. The van der Waals surface area contributed by atoms with Gasteiger partial charge in [-0.15, -0.1) is 0 Å². The maximum absolute atomic E-state index is 9.86. The monoisotopic (exact) mass is 232 g/mol. The van der Waals surface area contributed by atoms with Crippen LogP contribution in [0.25, 0.3) is 10.9 Å². The minimum atomic E-state index is 0.363. The molecule has 0 aliphatic rings. The topological polar surface area (TPSA) is 48.0 Å². The molecule has 0 saturated carbocycles. The lowest BCUT2D eigenvalue weighted by atomic mass is 10.1. The molecule has 3 N–H and O–H groups in total. The van der Waals surface area contributed by atoms with Crippen LogP contribution in [0.3, 0.4) is 0 Å². The molecule has 0 fully saturated rings. The number of phenols is 1. The molecule has 0 aliphatic heterocycles. The van der Waals surface area contributed by atoms with Gasteiger partial charge in [0.1, 0.15) is 5.75 Å². The number of aromatic amines is 1. The molecule has 0 radical (unpaired) electrons. The largest absolute Gasteiger partial charge is 0.507 e. The van der Waals surface area contributed by atoms with Crippen molar-refractivity contribution in [2.45, 2.75) is 32.7 Å². The summed E-state index contributed by atoms with van der Waals surface area (Å²) in [5, 5.41) is 14.3. The van der Waals surface area contributed by atoms with E-state index in [4.69, 9.17) is 0 Å². The van der Waals surface area contributed by atoms with Gasteiger partial charge in [-0.25, -0.2) is 0 Å². The summed E-state index contributed by atoms with van der Waals surface area (Å²) in [6.45, 7) is 5.30. The van der Waals surface area contributed by atoms with E-state index >= 15 is 0 Å². The number of hydrogen-bond donors (Lipinski definition) is 3. The van der Waals surface area contributed by atoms with E-state index in [0.29, 0.717) is 11.8 Å². The Morgan fingerprint density at radius 2 is 2.24 bits per heavy atom. The number of rotatable bonds is 5. The summed E-state index contributed by atoms with van der Waals surface area (Å²) in [4.78, 5) is 3.19. The van der Waals surface area contributed by atoms with Gasteiger partial charge >= 0.3 is 0 Å². The summed E-state index contributed by atoms with van der Waals surface area (Å²) < 4.78 is 0. The molecule has 1 atom stereocenters. The van der Waals surface area contributed by atoms with Crippen molar-refractivity contribution >= 4 is 10.9 Å². The van der Waals surface area contributed by atoms with Crippen molar-refractivity contribution in [3.8, 4) is 5.75 Å². The first-order valence-electron chi connectivity index (χ1n) is 6.23. The Bertz CT molecular complexity index is 490. The van der Waals surface area contributed by atoms with E-state index in [9.17, 15) is 5.11 Å². The van der Waals surface area contributed by atoms with Crippen LogP contribution in [0.5, 0.6) is 5.75 Å². The second-order valence-electron chi connectivity index (χ2n) is 4.53. The third-order valence-electron chi connectivity index (χ3n) is 3.26. The Morgan fingerprint density at radius 1 is 1.41 bits per heavy atom. The summed E-state index contributed by atoms with van der Waals surface area (Å²) in [7, 11) is 0. The molecule has 0 amide bonds. The number of hydrogen-bond acceptors (Lipinski definition) is 2. The molecule has 0 aliphatic carbocycles. The minimum Gasteiger partial charge on any atom is -0.507 e. The number of benzene rings is 1. The van der Waals surface area contributed by atoms with Gasteiger partial charge in [0.05, 0.1) is 0 Å². The summed E-state index contributed by atoms with van der Waals surface area (Å²) in [6, 6.07) is 6.13. The number of aromatic hydroxyl groups is 1. The van der Waals surface area contributed by atoms with Gasteiger partial charge in [-0.2, -0.15) is 0 Å². The molecule has 0 bridgehead atoms. The van der Waals surface area contributed by atoms with E-state index in [0.717, 1.165) is 30.3 Å². The molecular formula is C14H20N2O.